The zero-order chi connectivity index (χ0) is 46.1. The van der Waals surface area contributed by atoms with Crippen LogP contribution in [0.1, 0.15) is 38.2 Å². The lowest BCUT2D eigenvalue weighted by Gasteiger charge is -2.28. The number of aliphatic carboxylic acids is 2. The quantitative estimate of drug-likeness (QED) is 0.0429. The number of likely N-dealkylation sites (tertiary alicyclic amines) is 1. The van der Waals surface area contributed by atoms with Crippen molar-refractivity contribution < 1.29 is 73.5 Å². The Morgan fingerprint density at radius 3 is 1.77 bits per heavy atom. The number of hydrogen-bond acceptors (Lipinski definition) is 16. The van der Waals surface area contributed by atoms with Gasteiger partial charge in [-0.05, 0) is 37.5 Å². The zero-order valence-corrected chi connectivity index (χ0v) is 34.5. The molecule has 26 heteroatoms. The third-order valence-electron chi connectivity index (χ3n) is 9.09. The van der Waals surface area contributed by atoms with Gasteiger partial charge < -0.3 is 73.8 Å². The van der Waals surface area contributed by atoms with E-state index in [0.29, 0.717) is 12.0 Å². The molecular weight excluding hydrogens is 851 g/mol. The molecular formula is C35H51N9O15S2. The van der Waals surface area contributed by atoms with Crippen LogP contribution in [0.2, 0.25) is 0 Å². The number of primary amides is 1. The van der Waals surface area contributed by atoms with E-state index in [2.05, 4.69) is 57.2 Å². The second-order valence-corrected chi connectivity index (χ2v) is 14.6. The molecule has 61 heavy (non-hydrogen) atoms. The van der Waals surface area contributed by atoms with E-state index in [9.17, 15) is 73.5 Å². The number of hydrogen-bond donors (Lipinski definition) is 15. The van der Waals surface area contributed by atoms with Gasteiger partial charge in [-0.2, -0.15) is 25.3 Å². The van der Waals surface area contributed by atoms with E-state index < -0.39 is 140 Å². The Morgan fingerprint density at radius 1 is 0.754 bits per heavy atom. The second kappa shape index (κ2) is 24.5. The zero-order valence-electron chi connectivity index (χ0n) is 32.7. The first-order valence-corrected chi connectivity index (χ1v) is 19.8. The van der Waals surface area contributed by atoms with Crippen LogP contribution in [0.3, 0.4) is 0 Å². The first-order chi connectivity index (χ1) is 28.6. The van der Waals surface area contributed by atoms with Gasteiger partial charge >= 0.3 is 11.9 Å². The number of aliphatic hydroxyl groups excluding tert-OH is 2. The molecule has 0 unspecified atom stereocenters. The number of aromatic hydroxyl groups is 1. The minimum Gasteiger partial charge on any atom is -0.508 e. The van der Waals surface area contributed by atoms with Crippen molar-refractivity contribution in [3.8, 4) is 5.75 Å². The lowest BCUT2D eigenvalue weighted by Crippen LogP contribution is -2.62. The van der Waals surface area contributed by atoms with Crippen molar-refractivity contribution in [2.75, 3.05) is 24.7 Å². The molecule has 24 nitrogen and oxygen atoms in total. The second-order valence-electron chi connectivity index (χ2n) is 13.9. The molecule has 1 aliphatic heterocycles. The fourth-order valence-electron chi connectivity index (χ4n) is 5.85. The maximum absolute atomic E-state index is 13.7. The van der Waals surface area contributed by atoms with Gasteiger partial charge in [0.05, 0.1) is 31.6 Å². The molecule has 1 aromatic rings. The van der Waals surface area contributed by atoms with Crippen LogP contribution in [0, 0.1) is 0 Å². The topological polar surface area (TPSA) is 399 Å². The fourth-order valence-corrected chi connectivity index (χ4v) is 6.25. The van der Waals surface area contributed by atoms with Gasteiger partial charge in [0, 0.05) is 24.5 Å². The predicted molar refractivity (Wildman–Crippen MR) is 216 cm³/mol. The van der Waals surface area contributed by atoms with E-state index in [4.69, 9.17) is 11.5 Å². The summed E-state index contributed by atoms with van der Waals surface area (Å²) < 4.78 is 0. The number of phenolic OH excluding ortho intramolecular Hbond substituents is 1. The number of nitrogens with zero attached hydrogens (tertiary/aromatic N) is 1. The van der Waals surface area contributed by atoms with Crippen molar-refractivity contribution in [3.63, 3.8) is 0 Å². The third kappa shape index (κ3) is 16.0. The van der Waals surface area contributed by atoms with Crippen LogP contribution in [0.15, 0.2) is 24.3 Å². The van der Waals surface area contributed by atoms with Crippen molar-refractivity contribution >= 4 is 84.5 Å². The number of rotatable bonds is 24. The number of benzene rings is 1. The summed E-state index contributed by atoms with van der Waals surface area (Å²) in [5.41, 5.74) is 11.4. The Labute approximate surface area is 359 Å². The minimum atomic E-state index is -2.02. The van der Waals surface area contributed by atoms with Gasteiger partial charge in [-0.1, -0.05) is 12.1 Å². The Balaban J connectivity index is 2.35. The van der Waals surface area contributed by atoms with E-state index in [0.717, 1.165) is 6.92 Å². The normalized spacial score (nSPS) is 17.4. The molecule has 0 aliphatic carbocycles. The van der Waals surface area contributed by atoms with Crippen LogP contribution in [0.4, 0.5) is 0 Å². The molecule has 1 fully saturated rings. The minimum absolute atomic E-state index is 0.0182. The molecule has 0 aromatic heterocycles. The van der Waals surface area contributed by atoms with Crippen LogP contribution in [0.5, 0.6) is 5.75 Å². The highest BCUT2D eigenvalue weighted by molar-refractivity contribution is 7.80. The van der Waals surface area contributed by atoms with E-state index in [1.165, 1.54) is 29.2 Å². The van der Waals surface area contributed by atoms with Crippen molar-refractivity contribution in [2.24, 2.45) is 11.5 Å². The van der Waals surface area contributed by atoms with Crippen LogP contribution >= 0.6 is 25.3 Å². The highest BCUT2D eigenvalue weighted by Crippen LogP contribution is 2.19. The lowest BCUT2D eigenvalue weighted by molar-refractivity contribution is -0.143. The summed E-state index contributed by atoms with van der Waals surface area (Å²) >= 11 is 7.85. The third-order valence-corrected chi connectivity index (χ3v) is 9.85. The first kappa shape index (κ1) is 51.4. The Kier molecular flexibility index (Phi) is 20.7. The van der Waals surface area contributed by atoms with Crippen LogP contribution < -0.4 is 43.4 Å². The number of carbonyl (C=O) groups is 10. The van der Waals surface area contributed by atoms with E-state index in [1.54, 1.807) is 0 Å². The number of carbonyl (C=O) groups excluding carboxylic acids is 8. The Morgan fingerprint density at radius 2 is 1.28 bits per heavy atom. The number of phenols is 1. The number of carboxylic acids is 2. The summed E-state index contributed by atoms with van der Waals surface area (Å²) in [6, 6.07) is -7.67. The summed E-state index contributed by atoms with van der Waals surface area (Å²) in [7, 11) is 0. The average Bonchev–Trinajstić information content (AvgIpc) is 3.69. The number of nitrogens with two attached hydrogens (primary N) is 2. The maximum Gasteiger partial charge on any atom is 0.327 e. The van der Waals surface area contributed by atoms with Crippen LogP contribution in [-0.4, -0.2) is 169 Å². The summed E-state index contributed by atoms with van der Waals surface area (Å²) in [5, 5.41) is 61.9. The Bertz CT molecular complexity index is 1790. The van der Waals surface area contributed by atoms with E-state index in [-0.39, 0.29) is 30.2 Å². The maximum atomic E-state index is 13.7. The van der Waals surface area contributed by atoms with Crippen molar-refractivity contribution in [2.45, 2.75) is 93.5 Å². The van der Waals surface area contributed by atoms with Crippen molar-refractivity contribution in [1.29, 1.82) is 0 Å². The number of thiol groups is 2. The van der Waals surface area contributed by atoms with Crippen LogP contribution in [-0.2, 0) is 54.4 Å². The predicted octanol–water partition coefficient (Wildman–Crippen LogP) is -6.17. The standard InChI is InChI=1S/C35H51N9O15S2/c1-15(46)27(33(56)42-23(14-61)35(58)59)43-30(53)19(9-16-4-6-17(47)7-5-16)38-28(51)20(10-25(37)48)39-29(52)21(11-26(49)50)40-31(54)22(12-45)41-32(55)24-3-2-8-44(24)34(57)18(36)13-60/h4-7,15,18-24,27,45-47,60-61H,2-3,8-14,36H2,1H3,(H2,37,48)(H,38,51)(H,39,52)(H,40,54)(H,41,55)(H,42,56)(H,43,53)(H,49,50)(H,58,59)/t15-,18+,19+,20+,21+,22+,23+,24+,27+/m1/s1. The lowest BCUT2D eigenvalue weighted by atomic mass is 10.0. The highest BCUT2D eigenvalue weighted by atomic mass is 32.1. The first-order valence-electron chi connectivity index (χ1n) is 18.5. The molecule has 15 N–H and O–H groups in total. The molecule has 1 aliphatic rings. The number of nitrogens with one attached hydrogen (secondary N) is 6. The monoisotopic (exact) mass is 901 g/mol. The van der Waals surface area contributed by atoms with Gasteiger partial charge in [-0.15, -0.1) is 0 Å². The molecule has 0 spiro atoms. The van der Waals surface area contributed by atoms with E-state index in [1.807, 2.05) is 0 Å². The smallest absolute Gasteiger partial charge is 0.327 e. The van der Waals surface area contributed by atoms with Crippen LogP contribution in [0.25, 0.3) is 0 Å². The van der Waals surface area contributed by atoms with Gasteiger partial charge in [0.1, 0.15) is 48.0 Å². The highest BCUT2D eigenvalue weighted by Gasteiger charge is 2.39. The molecule has 0 bridgehead atoms. The molecule has 1 heterocycles. The number of carboxylic acid groups (broad SMARTS) is 2. The Hall–Kier alpha value is -5.70. The number of aliphatic hydroxyl groups is 2. The summed E-state index contributed by atoms with van der Waals surface area (Å²) in [4.78, 5) is 129. The number of amides is 8. The van der Waals surface area contributed by atoms with Gasteiger partial charge in [0.15, 0.2) is 0 Å². The van der Waals surface area contributed by atoms with Crippen molar-refractivity contribution in [3.05, 3.63) is 29.8 Å². The fraction of sp³-hybridized carbons (Fsp3) is 0.543. The summed E-state index contributed by atoms with van der Waals surface area (Å²) in [6.45, 7) is 0.215. The van der Waals surface area contributed by atoms with Gasteiger partial charge in [-0.3, -0.25) is 43.2 Å². The van der Waals surface area contributed by atoms with Gasteiger partial charge in [-0.25, -0.2) is 4.79 Å². The average molecular weight is 902 g/mol. The molecule has 2 rings (SSSR count). The molecule has 0 radical (unpaired) electrons. The summed E-state index contributed by atoms with van der Waals surface area (Å²) in [6.07, 6.45) is -3.52. The molecule has 1 aromatic carbocycles. The molecule has 9 atom stereocenters. The van der Waals surface area contributed by atoms with Crippen molar-refractivity contribution in [1.82, 2.24) is 36.8 Å². The SMILES string of the molecule is C[C@@H](O)[C@H](NC(=O)[C@H](Cc1ccc(O)cc1)NC(=O)[C@H](CC(N)=O)NC(=O)[C@H](CC(=O)O)NC(=O)[C@H](CO)NC(=O)[C@@H]1CCCN1C(=O)[C@@H](N)CS)C(=O)N[C@@H](CS)C(=O)O. The molecule has 0 saturated carbocycles. The van der Waals surface area contributed by atoms with E-state index >= 15 is 0 Å². The van der Waals surface area contributed by atoms with Gasteiger partial charge in [0.2, 0.25) is 47.3 Å². The summed E-state index contributed by atoms with van der Waals surface area (Å²) in [5.74, 6) is -12.5. The van der Waals surface area contributed by atoms with Gasteiger partial charge in [0.25, 0.3) is 0 Å². The largest absolute Gasteiger partial charge is 0.508 e. The molecule has 1 saturated heterocycles. The molecule has 8 amide bonds. The molecule has 338 valence electrons.